The largest absolute Gasteiger partial charge is 0.339 e. The maximum absolute atomic E-state index is 12.6. The molecule has 1 saturated carbocycles. The van der Waals surface area contributed by atoms with Crippen LogP contribution in [-0.4, -0.2) is 41.4 Å². The number of piperidine rings is 1. The van der Waals surface area contributed by atoms with E-state index < -0.39 is 4.92 Å². The van der Waals surface area contributed by atoms with Gasteiger partial charge in [-0.15, -0.1) is 0 Å². The summed E-state index contributed by atoms with van der Waals surface area (Å²) in [6.45, 7) is 4.30. The molecule has 124 valence electrons. The Bertz CT molecular complexity index is 605. The van der Waals surface area contributed by atoms with Crippen LogP contribution in [0.4, 0.5) is 5.69 Å². The molecule has 0 radical (unpaired) electrons. The van der Waals surface area contributed by atoms with E-state index in [1.54, 1.807) is 13.0 Å². The molecule has 1 aromatic carbocycles. The van der Waals surface area contributed by atoms with E-state index in [0.717, 1.165) is 30.9 Å². The number of nitro groups is 1. The van der Waals surface area contributed by atoms with Crippen molar-refractivity contribution in [2.45, 2.75) is 38.6 Å². The van der Waals surface area contributed by atoms with Crippen LogP contribution in [0.15, 0.2) is 18.2 Å². The predicted octanol–water partition coefficient (Wildman–Crippen LogP) is 2.51. The van der Waals surface area contributed by atoms with Gasteiger partial charge >= 0.3 is 0 Å². The number of hydrogen-bond acceptors (Lipinski definition) is 4. The minimum Gasteiger partial charge on any atom is -0.339 e. The van der Waals surface area contributed by atoms with Gasteiger partial charge < -0.3 is 10.2 Å². The van der Waals surface area contributed by atoms with Crippen LogP contribution in [0.3, 0.4) is 0 Å². The lowest BCUT2D eigenvalue weighted by atomic mass is 10.0. The molecule has 1 heterocycles. The number of rotatable bonds is 5. The Hall–Kier alpha value is -1.95. The van der Waals surface area contributed by atoms with Gasteiger partial charge in [-0.3, -0.25) is 14.9 Å². The zero-order valence-corrected chi connectivity index (χ0v) is 13.5. The number of likely N-dealkylation sites (tertiary alicyclic amines) is 1. The van der Waals surface area contributed by atoms with Gasteiger partial charge in [0.05, 0.1) is 4.92 Å². The van der Waals surface area contributed by atoms with Gasteiger partial charge in [0.15, 0.2) is 0 Å². The quantitative estimate of drug-likeness (QED) is 0.669. The van der Waals surface area contributed by atoms with Crippen molar-refractivity contribution >= 4 is 11.6 Å². The lowest BCUT2D eigenvalue weighted by Gasteiger charge is -2.32. The molecule has 1 saturated heterocycles. The average Bonchev–Trinajstić information content (AvgIpc) is 3.36. The molecule has 2 aliphatic rings. The summed E-state index contributed by atoms with van der Waals surface area (Å²) in [6.07, 6.45) is 4.59. The summed E-state index contributed by atoms with van der Waals surface area (Å²) in [4.78, 5) is 24.9. The third kappa shape index (κ3) is 4.07. The molecule has 23 heavy (non-hydrogen) atoms. The summed E-state index contributed by atoms with van der Waals surface area (Å²) in [7, 11) is 0. The molecular formula is C17H23N3O3. The maximum Gasteiger partial charge on any atom is 0.270 e. The van der Waals surface area contributed by atoms with Gasteiger partial charge in [-0.25, -0.2) is 0 Å². The number of nitrogens with one attached hydrogen (secondary N) is 1. The summed E-state index contributed by atoms with van der Waals surface area (Å²) >= 11 is 0. The summed E-state index contributed by atoms with van der Waals surface area (Å²) in [5.74, 6) is 0.764. The van der Waals surface area contributed by atoms with Gasteiger partial charge in [0, 0.05) is 36.8 Å². The first-order valence-electron chi connectivity index (χ1n) is 8.31. The number of carbonyl (C=O) groups excluding carboxylic acids is 1. The fraction of sp³-hybridized carbons (Fsp3) is 0.588. The van der Waals surface area contributed by atoms with Gasteiger partial charge in [0.1, 0.15) is 0 Å². The van der Waals surface area contributed by atoms with Gasteiger partial charge in [0.25, 0.3) is 11.6 Å². The van der Waals surface area contributed by atoms with Crippen LogP contribution in [0, 0.1) is 23.0 Å². The average molecular weight is 317 g/mol. The Morgan fingerprint density at radius 3 is 2.57 bits per heavy atom. The molecule has 6 nitrogen and oxygen atoms in total. The van der Waals surface area contributed by atoms with Crippen LogP contribution in [0.1, 0.15) is 41.6 Å². The molecule has 0 unspecified atom stereocenters. The first-order chi connectivity index (χ1) is 11.0. The third-order valence-electron chi connectivity index (χ3n) is 4.69. The van der Waals surface area contributed by atoms with E-state index in [-0.39, 0.29) is 11.6 Å². The van der Waals surface area contributed by atoms with Crippen molar-refractivity contribution < 1.29 is 9.72 Å². The van der Waals surface area contributed by atoms with Crippen LogP contribution in [-0.2, 0) is 0 Å². The molecule has 6 heteroatoms. The van der Waals surface area contributed by atoms with Crippen LogP contribution >= 0.6 is 0 Å². The van der Waals surface area contributed by atoms with Crippen LogP contribution < -0.4 is 5.32 Å². The summed E-state index contributed by atoms with van der Waals surface area (Å²) in [6, 6.07) is 5.09. The molecule has 1 aliphatic carbocycles. The van der Waals surface area contributed by atoms with E-state index in [1.807, 2.05) is 4.90 Å². The fourth-order valence-corrected chi connectivity index (χ4v) is 3.12. The highest BCUT2D eigenvalue weighted by atomic mass is 16.6. The normalized spacial score (nSPS) is 18.9. The van der Waals surface area contributed by atoms with Crippen molar-refractivity contribution in [3.05, 3.63) is 39.4 Å². The highest BCUT2D eigenvalue weighted by molar-refractivity contribution is 5.95. The molecule has 1 N–H and O–H groups in total. The van der Waals surface area contributed by atoms with Crippen LogP contribution in [0.25, 0.3) is 0 Å². The third-order valence-corrected chi connectivity index (χ3v) is 4.69. The smallest absolute Gasteiger partial charge is 0.270 e. The molecule has 0 spiro atoms. The van der Waals surface area contributed by atoms with E-state index >= 15 is 0 Å². The Morgan fingerprint density at radius 1 is 1.26 bits per heavy atom. The first kappa shape index (κ1) is 15.9. The standard InChI is InChI=1S/C17H23N3O3/c1-12-8-14(10-16(9-12)20(22)23)17(21)19-6-4-15(5-7-19)18-11-13-2-3-13/h8-10,13,15,18H,2-7,11H2,1H3. The molecule has 0 bridgehead atoms. The number of nitro benzene ring substituents is 1. The number of benzene rings is 1. The van der Waals surface area contributed by atoms with Crippen LogP contribution in [0.2, 0.25) is 0 Å². The maximum atomic E-state index is 12.6. The van der Waals surface area contributed by atoms with Crippen molar-refractivity contribution in [3.63, 3.8) is 0 Å². The molecule has 1 amide bonds. The number of nitrogens with zero attached hydrogens (tertiary/aromatic N) is 2. The van der Waals surface area contributed by atoms with Crippen LogP contribution in [0.5, 0.6) is 0 Å². The molecule has 0 atom stereocenters. The monoisotopic (exact) mass is 317 g/mol. The second-order valence-corrected chi connectivity index (χ2v) is 6.73. The Labute approximate surface area is 136 Å². The molecule has 2 fully saturated rings. The minimum atomic E-state index is -0.447. The summed E-state index contributed by atoms with van der Waals surface area (Å²) < 4.78 is 0. The molecule has 0 aromatic heterocycles. The second-order valence-electron chi connectivity index (χ2n) is 6.73. The molecule has 1 aliphatic heterocycles. The van der Waals surface area contributed by atoms with E-state index in [4.69, 9.17) is 0 Å². The summed E-state index contributed by atoms with van der Waals surface area (Å²) in [5.41, 5.74) is 1.14. The van der Waals surface area contributed by atoms with E-state index in [0.29, 0.717) is 24.7 Å². The van der Waals surface area contributed by atoms with Crippen molar-refractivity contribution in [1.29, 1.82) is 0 Å². The Morgan fingerprint density at radius 2 is 1.96 bits per heavy atom. The minimum absolute atomic E-state index is 0.0191. The topological polar surface area (TPSA) is 75.5 Å². The predicted molar refractivity (Wildman–Crippen MR) is 87.5 cm³/mol. The first-order valence-corrected chi connectivity index (χ1v) is 8.31. The SMILES string of the molecule is Cc1cc(C(=O)N2CCC(NCC3CC3)CC2)cc([N+](=O)[O-])c1. The number of amides is 1. The Balaban J connectivity index is 1.59. The van der Waals surface area contributed by atoms with Gasteiger partial charge in [-0.05, 0) is 56.7 Å². The second kappa shape index (κ2) is 6.66. The van der Waals surface area contributed by atoms with Crippen molar-refractivity contribution in [3.8, 4) is 0 Å². The highest BCUT2D eigenvalue weighted by Crippen LogP contribution is 2.28. The van der Waals surface area contributed by atoms with Gasteiger partial charge in [-0.1, -0.05) is 0 Å². The van der Waals surface area contributed by atoms with E-state index in [9.17, 15) is 14.9 Å². The molecule has 3 rings (SSSR count). The van der Waals surface area contributed by atoms with E-state index in [1.165, 1.54) is 25.0 Å². The lowest BCUT2D eigenvalue weighted by Crippen LogP contribution is -2.45. The van der Waals surface area contributed by atoms with Gasteiger partial charge in [0.2, 0.25) is 0 Å². The Kier molecular flexibility index (Phi) is 4.61. The van der Waals surface area contributed by atoms with Gasteiger partial charge in [-0.2, -0.15) is 0 Å². The fourth-order valence-electron chi connectivity index (χ4n) is 3.12. The number of aryl methyl sites for hydroxylation is 1. The highest BCUT2D eigenvalue weighted by Gasteiger charge is 2.27. The van der Waals surface area contributed by atoms with Crippen molar-refractivity contribution in [2.75, 3.05) is 19.6 Å². The zero-order chi connectivity index (χ0) is 16.4. The molecular weight excluding hydrogens is 294 g/mol. The zero-order valence-electron chi connectivity index (χ0n) is 13.5. The van der Waals surface area contributed by atoms with Crippen molar-refractivity contribution in [2.24, 2.45) is 5.92 Å². The molecule has 1 aromatic rings. The number of hydrogen-bond donors (Lipinski definition) is 1. The van der Waals surface area contributed by atoms with Crippen molar-refractivity contribution in [1.82, 2.24) is 10.2 Å². The van der Waals surface area contributed by atoms with E-state index in [2.05, 4.69) is 5.32 Å². The number of non-ortho nitro benzene ring substituents is 1. The summed E-state index contributed by atoms with van der Waals surface area (Å²) in [5, 5.41) is 14.5. The lowest BCUT2D eigenvalue weighted by molar-refractivity contribution is -0.384. The number of carbonyl (C=O) groups is 1.